The van der Waals surface area contributed by atoms with Gasteiger partial charge in [0.25, 0.3) is 0 Å². The van der Waals surface area contributed by atoms with Gasteiger partial charge in [-0.25, -0.2) is 0 Å². The number of hydrogen-bond donors (Lipinski definition) is 0. The fourth-order valence-corrected chi connectivity index (χ4v) is 0. The van der Waals surface area contributed by atoms with E-state index >= 15 is 0 Å². The summed E-state index contributed by atoms with van der Waals surface area (Å²) in [6.07, 6.45) is 0. The smallest absolute Gasteiger partial charge is 0.245 e. The van der Waals surface area contributed by atoms with Crippen molar-refractivity contribution in [3.05, 3.63) is 0 Å². The molecular formula is H5AlNbOSi. The third-order valence-corrected chi connectivity index (χ3v) is 0. The van der Waals surface area contributed by atoms with Crippen LogP contribution in [0, 0.1) is 0 Å². The fraction of sp³-hybridized carbons (Fsp3) is 0. The minimum Gasteiger partial charge on any atom is -0.396 e. The Morgan fingerprint density at radius 3 is 1.25 bits per heavy atom. The quantitative estimate of drug-likeness (QED) is 0.375. The van der Waals surface area contributed by atoms with E-state index in [4.69, 9.17) is 4.46 Å². The van der Waals surface area contributed by atoms with E-state index < -0.39 is 0 Å². The topological polar surface area (TPSA) is 17.1 Å². The Balaban J connectivity index is -0.00000000500. The van der Waals surface area contributed by atoms with E-state index in [9.17, 15) is 0 Å². The normalized spacial score (nSPS) is 1.00. The summed E-state index contributed by atoms with van der Waals surface area (Å²) in [6, 6.07) is 0. The predicted molar refractivity (Wildman–Crippen MR) is 19.2 cm³/mol. The van der Waals surface area contributed by atoms with Gasteiger partial charge in [-0.05, 0) is 0 Å². The molecule has 0 bridgehead atoms. The first-order chi connectivity index (χ1) is 1.00. The minimum atomic E-state index is 0. The van der Waals surface area contributed by atoms with Crippen molar-refractivity contribution >= 4 is 27.5 Å². The van der Waals surface area contributed by atoms with Crippen LogP contribution in [0.3, 0.4) is 0 Å². The Hall–Kier alpha value is 1.29. The molecule has 1 radical (unpaired) electrons. The van der Waals surface area contributed by atoms with Gasteiger partial charge in [0.2, 0.25) is 10.1 Å². The molecule has 0 spiro atoms. The molecule has 0 aliphatic carbocycles. The standard InChI is InChI=1S/Al.Nb.H2OSi.3H/c;;1-2;;;/h;;2H2;;;. The van der Waals surface area contributed by atoms with Gasteiger partial charge in [-0.15, -0.1) is 0 Å². The maximum absolute atomic E-state index is 8.28. The second-order valence-corrected chi connectivity index (χ2v) is 0. The summed E-state index contributed by atoms with van der Waals surface area (Å²) in [5, 5.41) is 0. The van der Waals surface area contributed by atoms with Crippen LogP contribution in [0.25, 0.3) is 0 Å². The Morgan fingerprint density at radius 1 is 1.25 bits per heavy atom. The van der Waals surface area contributed by atoms with Gasteiger partial charge in [-0.2, -0.15) is 0 Å². The van der Waals surface area contributed by atoms with E-state index in [0.29, 0.717) is 10.1 Å². The van der Waals surface area contributed by atoms with Crippen molar-refractivity contribution < 1.29 is 26.8 Å². The molecule has 0 unspecified atom stereocenters. The van der Waals surface area contributed by atoms with Crippen LogP contribution in [0.1, 0.15) is 0 Å². The second kappa shape index (κ2) is 27.9. The minimum absolute atomic E-state index is 0. The van der Waals surface area contributed by atoms with Crippen LogP contribution < -0.4 is 0 Å². The van der Waals surface area contributed by atoms with E-state index in [0.717, 1.165) is 0 Å². The predicted octanol–water partition coefficient (Wildman–Crippen LogP) is -2.22. The van der Waals surface area contributed by atoms with Gasteiger partial charge in [-0.3, -0.25) is 0 Å². The van der Waals surface area contributed by atoms with Crippen LogP contribution in [0.5, 0.6) is 0 Å². The molecule has 0 fully saturated rings. The van der Waals surface area contributed by atoms with Gasteiger partial charge in [0.05, 0.1) is 0 Å². The van der Waals surface area contributed by atoms with Crippen LogP contribution in [0.4, 0.5) is 0 Å². The van der Waals surface area contributed by atoms with Gasteiger partial charge in [0, 0.05) is 22.4 Å². The largest absolute Gasteiger partial charge is 0.396 e. The zero-order chi connectivity index (χ0) is 2.00. The first-order valence-corrected chi connectivity index (χ1v) is 0.866. The molecular weight excluding hydrogens is 164 g/mol. The summed E-state index contributed by atoms with van der Waals surface area (Å²) in [5.74, 6) is 0. The average Bonchev–Trinajstić information content (AvgIpc) is 1.00. The summed E-state index contributed by atoms with van der Waals surface area (Å²) in [7, 11) is 0.611. The molecule has 0 aliphatic rings. The molecule has 0 heterocycles. The van der Waals surface area contributed by atoms with Crippen molar-refractivity contribution in [2.45, 2.75) is 0 Å². The second-order valence-electron chi connectivity index (χ2n) is 0. The van der Waals surface area contributed by atoms with Gasteiger partial charge >= 0.3 is 0 Å². The zero-order valence-electron chi connectivity index (χ0n) is 1.56. The Bertz CT molecular complexity index is 8.00. The summed E-state index contributed by atoms with van der Waals surface area (Å²) >= 11 is 0. The van der Waals surface area contributed by atoms with Crippen molar-refractivity contribution in [3.8, 4) is 0 Å². The molecule has 0 N–H and O–H groups in total. The van der Waals surface area contributed by atoms with Gasteiger partial charge < -0.3 is 4.46 Å². The van der Waals surface area contributed by atoms with Crippen LogP contribution in [0.15, 0.2) is 0 Å². The van der Waals surface area contributed by atoms with Gasteiger partial charge in [0.1, 0.15) is 0 Å². The van der Waals surface area contributed by atoms with Crippen LogP contribution in [-0.2, 0) is 26.8 Å². The number of rotatable bonds is 0. The zero-order valence-corrected chi connectivity index (χ0v) is 5.18. The van der Waals surface area contributed by atoms with Crippen molar-refractivity contribution in [1.82, 2.24) is 0 Å². The van der Waals surface area contributed by atoms with Gasteiger partial charge in [0.15, 0.2) is 17.4 Å². The van der Waals surface area contributed by atoms with Gasteiger partial charge in [-0.1, -0.05) is 0 Å². The van der Waals surface area contributed by atoms with Crippen LogP contribution >= 0.6 is 0 Å². The average molecular weight is 169 g/mol. The first-order valence-electron chi connectivity index (χ1n) is 0.289. The van der Waals surface area contributed by atoms with Crippen LogP contribution in [0.2, 0.25) is 0 Å². The van der Waals surface area contributed by atoms with E-state index in [-0.39, 0.29) is 39.7 Å². The van der Waals surface area contributed by atoms with E-state index in [2.05, 4.69) is 0 Å². The first kappa shape index (κ1) is 18.6. The molecule has 4 heavy (non-hydrogen) atoms. The molecule has 0 saturated carbocycles. The van der Waals surface area contributed by atoms with Crippen molar-refractivity contribution in [1.29, 1.82) is 0 Å². The van der Waals surface area contributed by atoms with E-state index in [1.54, 1.807) is 0 Å². The molecule has 0 amide bonds. The monoisotopic (exact) mass is 169 g/mol. The maximum atomic E-state index is 8.28. The number of hydrogen-bond acceptors (Lipinski definition) is 1. The molecule has 23 valence electrons. The molecule has 0 aromatic rings. The Kier molecular flexibility index (Phi) is 130. The summed E-state index contributed by atoms with van der Waals surface area (Å²) in [5.41, 5.74) is 0. The summed E-state index contributed by atoms with van der Waals surface area (Å²) in [4.78, 5) is 0. The molecule has 0 rings (SSSR count). The van der Waals surface area contributed by atoms with Crippen LogP contribution in [-0.4, -0.2) is 27.5 Å². The summed E-state index contributed by atoms with van der Waals surface area (Å²) < 4.78 is 8.28. The SMILES string of the molecule is O=[SiH2].[AlH3].[Nb]. The summed E-state index contributed by atoms with van der Waals surface area (Å²) in [6.45, 7) is 0. The fourth-order valence-electron chi connectivity index (χ4n) is 0. The third-order valence-electron chi connectivity index (χ3n) is 0. The molecule has 0 atom stereocenters. The molecule has 1 nitrogen and oxygen atoms in total. The molecule has 0 saturated heterocycles. The van der Waals surface area contributed by atoms with E-state index in [1.165, 1.54) is 0 Å². The van der Waals surface area contributed by atoms with Crippen molar-refractivity contribution in [2.75, 3.05) is 0 Å². The maximum Gasteiger partial charge on any atom is 0.245 e. The molecule has 0 aliphatic heterocycles. The Morgan fingerprint density at radius 2 is 1.25 bits per heavy atom. The molecule has 0 aromatic heterocycles. The third kappa shape index (κ3) is 10.4. The molecule has 0 aromatic carbocycles. The van der Waals surface area contributed by atoms with E-state index in [1.807, 2.05) is 0 Å². The Labute approximate surface area is 54.3 Å². The molecule has 4 heteroatoms. The van der Waals surface area contributed by atoms with Crippen molar-refractivity contribution in [2.24, 2.45) is 0 Å². The van der Waals surface area contributed by atoms with Crippen molar-refractivity contribution in [3.63, 3.8) is 0 Å².